The third kappa shape index (κ3) is 2.66. The van der Waals surface area contributed by atoms with Gasteiger partial charge in [0, 0.05) is 24.2 Å². The van der Waals surface area contributed by atoms with Gasteiger partial charge in [0.05, 0.1) is 5.60 Å². The van der Waals surface area contributed by atoms with Gasteiger partial charge in [-0.05, 0) is 49.8 Å². The maximum Gasteiger partial charge on any atom is 0.127 e. The summed E-state index contributed by atoms with van der Waals surface area (Å²) in [4.78, 5) is 2.42. The molecule has 2 atom stereocenters. The highest BCUT2D eigenvalue weighted by atomic mass is 19.1. The fourth-order valence-electron chi connectivity index (χ4n) is 4.61. The van der Waals surface area contributed by atoms with Crippen LogP contribution in [0, 0.1) is 12.7 Å². The van der Waals surface area contributed by atoms with Crippen molar-refractivity contribution in [1.82, 2.24) is 4.90 Å². The maximum absolute atomic E-state index is 14.2. The first-order valence-electron chi connectivity index (χ1n) is 8.84. The summed E-state index contributed by atoms with van der Waals surface area (Å²) >= 11 is 0. The van der Waals surface area contributed by atoms with Gasteiger partial charge >= 0.3 is 0 Å². The molecule has 2 unspecified atom stereocenters. The Morgan fingerprint density at radius 1 is 1.04 bits per heavy atom. The zero-order chi connectivity index (χ0) is 16.7. The number of hydrogen-bond donors (Lipinski definition) is 1. The number of hydrogen-bond acceptors (Lipinski definition) is 2. The van der Waals surface area contributed by atoms with Gasteiger partial charge in [-0.25, -0.2) is 4.39 Å². The standard InChI is InChI=1S/C21H24FNO/c1-15-6-5-9-20(22)19(15)14-23-17-10-11-18(23)13-21(24,12-17)16-7-3-2-4-8-16/h2-9,17-18,24H,10-14H2,1H3. The second-order valence-corrected chi connectivity index (χ2v) is 7.40. The van der Waals surface area contributed by atoms with Gasteiger partial charge in [0.1, 0.15) is 5.82 Å². The topological polar surface area (TPSA) is 23.5 Å². The molecule has 0 amide bonds. The average Bonchev–Trinajstić information content (AvgIpc) is 2.82. The molecule has 2 nitrogen and oxygen atoms in total. The molecule has 2 aliphatic rings. The Hall–Kier alpha value is -1.71. The lowest BCUT2D eigenvalue weighted by Crippen LogP contribution is -2.49. The summed E-state index contributed by atoms with van der Waals surface area (Å²) in [6.45, 7) is 2.63. The molecule has 2 bridgehead atoms. The van der Waals surface area contributed by atoms with Gasteiger partial charge in [0.15, 0.2) is 0 Å². The average molecular weight is 325 g/mol. The van der Waals surface area contributed by atoms with Gasteiger partial charge in [0.2, 0.25) is 0 Å². The van der Waals surface area contributed by atoms with Gasteiger partial charge < -0.3 is 5.11 Å². The van der Waals surface area contributed by atoms with E-state index in [-0.39, 0.29) is 5.82 Å². The quantitative estimate of drug-likeness (QED) is 0.916. The van der Waals surface area contributed by atoms with Crippen LogP contribution in [0.5, 0.6) is 0 Å². The Morgan fingerprint density at radius 3 is 2.33 bits per heavy atom. The number of aliphatic hydroxyl groups is 1. The van der Waals surface area contributed by atoms with E-state index < -0.39 is 5.60 Å². The summed E-state index contributed by atoms with van der Waals surface area (Å²) in [5.41, 5.74) is 2.09. The van der Waals surface area contributed by atoms with E-state index in [9.17, 15) is 9.50 Å². The van der Waals surface area contributed by atoms with E-state index in [1.165, 1.54) is 0 Å². The highest BCUT2D eigenvalue weighted by Gasteiger charge is 2.48. The molecule has 0 aromatic heterocycles. The summed E-state index contributed by atoms with van der Waals surface area (Å²) in [6.07, 6.45) is 3.66. The molecule has 1 N–H and O–H groups in total. The van der Waals surface area contributed by atoms with Crippen molar-refractivity contribution in [2.75, 3.05) is 0 Å². The van der Waals surface area contributed by atoms with Crippen LogP contribution in [-0.2, 0) is 12.1 Å². The fraction of sp³-hybridized carbons (Fsp3) is 0.429. The lowest BCUT2D eigenvalue weighted by molar-refractivity contribution is -0.0597. The SMILES string of the molecule is Cc1cccc(F)c1CN1C2CCC1CC(O)(c1ccccc1)C2. The van der Waals surface area contributed by atoms with Crippen LogP contribution >= 0.6 is 0 Å². The van der Waals surface area contributed by atoms with Crippen molar-refractivity contribution in [1.29, 1.82) is 0 Å². The van der Waals surface area contributed by atoms with Crippen LogP contribution in [0.1, 0.15) is 42.4 Å². The van der Waals surface area contributed by atoms with Crippen molar-refractivity contribution in [3.05, 3.63) is 71.0 Å². The smallest absolute Gasteiger partial charge is 0.127 e. The second-order valence-electron chi connectivity index (χ2n) is 7.40. The molecular weight excluding hydrogens is 301 g/mol. The zero-order valence-corrected chi connectivity index (χ0v) is 14.1. The number of aryl methyl sites for hydroxylation is 1. The van der Waals surface area contributed by atoms with E-state index in [2.05, 4.69) is 4.90 Å². The van der Waals surface area contributed by atoms with E-state index in [0.717, 1.165) is 42.4 Å². The predicted octanol–water partition coefficient (Wildman–Crippen LogP) is 4.15. The highest BCUT2D eigenvalue weighted by molar-refractivity contribution is 5.29. The molecule has 2 aromatic carbocycles. The monoisotopic (exact) mass is 325 g/mol. The predicted molar refractivity (Wildman–Crippen MR) is 93.1 cm³/mol. The number of halogens is 1. The van der Waals surface area contributed by atoms with Gasteiger partial charge in [-0.2, -0.15) is 0 Å². The van der Waals surface area contributed by atoms with E-state index in [0.29, 0.717) is 18.6 Å². The molecule has 2 aromatic rings. The molecule has 0 saturated carbocycles. The van der Waals surface area contributed by atoms with Crippen LogP contribution in [-0.4, -0.2) is 22.1 Å². The van der Waals surface area contributed by atoms with Crippen LogP contribution in [0.3, 0.4) is 0 Å². The highest BCUT2D eigenvalue weighted by Crippen LogP contribution is 2.46. The molecule has 0 aliphatic carbocycles. The summed E-state index contributed by atoms with van der Waals surface area (Å²) in [7, 11) is 0. The molecule has 2 fully saturated rings. The van der Waals surface area contributed by atoms with E-state index in [1.54, 1.807) is 12.1 Å². The van der Waals surface area contributed by atoms with Crippen LogP contribution in [0.2, 0.25) is 0 Å². The van der Waals surface area contributed by atoms with Crippen molar-refractivity contribution < 1.29 is 9.50 Å². The first-order valence-corrected chi connectivity index (χ1v) is 8.84. The third-order valence-electron chi connectivity index (χ3n) is 5.92. The number of fused-ring (bicyclic) bond motifs is 2. The molecule has 2 heterocycles. The maximum atomic E-state index is 14.2. The van der Waals surface area contributed by atoms with Crippen molar-refractivity contribution >= 4 is 0 Å². The molecule has 4 rings (SSSR count). The minimum atomic E-state index is -0.742. The van der Waals surface area contributed by atoms with Gasteiger partial charge in [-0.3, -0.25) is 4.90 Å². The van der Waals surface area contributed by atoms with E-state index in [1.807, 2.05) is 43.3 Å². The molecule has 24 heavy (non-hydrogen) atoms. The van der Waals surface area contributed by atoms with Crippen molar-refractivity contribution in [3.8, 4) is 0 Å². The Labute approximate surface area is 142 Å². The first kappa shape index (κ1) is 15.8. The van der Waals surface area contributed by atoms with Crippen molar-refractivity contribution in [2.45, 2.75) is 56.8 Å². The van der Waals surface area contributed by atoms with Crippen molar-refractivity contribution in [3.63, 3.8) is 0 Å². The Kier molecular flexibility index (Phi) is 3.93. The molecule has 0 radical (unpaired) electrons. The molecule has 126 valence electrons. The summed E-state index contributed by atoms with van der Waals surface area (Å²) in [6, 6.07) is 16.0. The third-order valence-corrected chi connectivity index (χ3v) is 5.92. The Morgan fingerprint density at radius 2 is 1.71 bits per heavy atom. The largest absolute Gasteiger partial charge is 0.385 e. The van der Waals surface area contributed by atoms with Gasteiger partial charge in [0.25, 0.3) is 0 Å². The summed E-state index contributed by atoms with van der Waals surface area (Å²) < 4.78 is 14.2. The number of nitrogens with zero attached hydrogens (tertiary/aromatic N) is 1. The lowest BCUT2D eigenvalue weighted by atomic mass is 9.80. The minimum Gasteiger partial charge on any atom is -0.385 e. The van der Waals surface area contributed by atoms with Gasteiger partial charge in [-0.15, -0.1) is 0 Å². The molecule has 3 heteroatoms. The first-order chi connectivity index (χ1) is 11.6. The number of piperidine rings is 1. The molecule has 2 saturated heterocycles. The van der Waals surface area contributed by atoms with Crippen LogP contribution in [0.4, 0.5) is 4.39 Å². The van der Waals surface area contributed by atoms with Gasteiger partial charge in [-0.1, -0.05) is 42.5 Å². The normalized spacial score (nSPS) is 29.8. The fourth-order valence-corrected chi connectivity index (χ4v) is 4.61. The van der Waals surface area contributed by atoms with Crippen LogP contribution in [0.15, 0.2) is 48.5 Å². The second kappa shape index (κ2) is 5.98. The van der Waals surface area contributed by atoms with Crippen LogP contribution in [0.25, 0.3) is 0 Å². The van der Waals surface area contributed by atoms with E-state index >= 15 is 0 Å². The Balaban J connectivity index is 1.58. The number of rotatable bonds is 3. The molecule has 0 spiro atoms. The Bertz CT molecular complexity index is 696. The minimum absolute atomic E-state index is 0.113. The molecular formula is C21H24FNO. The van der Waals surface area contributed by atoms with Crippen LogP contribution < -0.4 is 0 Å². The summed E-state index contributed by atoms with van der Waals surface area (Å²) in [5.74, 6) is -0.113. The number of benzene rings is 2. The zero-order valence-electron chi connectivity index (χ0n) is 14.1. The lowest BCUT2D eigenvalue weighted by Gasteiger charge is -2.44. The van der Waals surface area contributed by atoms with E-state index in [4.69, 9.17) is 0 Å². The van der Waals surface area contributed by atoms with Crippen molar-refractivity contribution in [2.24, 2.45) is 0 Å². The summed E-state index contributed by atoms with van der Waals surface area (Å²) in [5, 5.41) is 11.2. The molecule has 2 aliphatic heterocycles.